The maximum atomic E-state index is 10.9. The molecule has 0 aliphatic rings. The second-order valence-electron chi connectivity index (χ2n) is 3.92. The molecule has 2 unspecified atom stereocenters. The van der Waals surface area contributed by atoms with Crippen molar-refractivity contribution in [3.63, 3.8) is 0 Å². The highest BCUT2D eigenvalue weighted by molar-refractivity contribution is 5.88. The van der Waals surface area contributed by atoms with Crippen LogP contribution >= 0.6 is 0 Å². The zero-order valence-corrected chi connectivity index (χ0v) is 9.96. The zero-order valence-electron chi connectivity index (χ0n) is 9.96. The third-order valence-electron chi connectivity index (χ3n) is 2.39. The van der Waals surface area contributed by atoms with E-state index in [9.17, 15) is 4.79 Å². The van der Waals surface area contributed by atoms with Gasteiger partial charge in [0.25, 0.3) is 0 Å². The third kappa shape index (κ3) is 4.56. The Hall–Kier alpha value is -0.630. The van der Waals surface area contributed by atoms with E-state index in [0.717, 1.165) is 18.4 Å². The van der Waals surface area contributed by atoms with Gasteiger partial charge in [-0.3, -0.25) is 4.79 Å². The van der Waals surface area contributed by atoms with Gasteiger partial charge in [0, 0.05) is 7.11 Å². The van der Waals surface area contributed by atoms with E-state index in [0.29, 0.717) is 5.92 Å². The summed E-state index contributed by atoms with van der Waals surface area (Å²) in [4.78, 5) is 10.9. The molecule has 0 aromatic heterocycles. The first-order valence-electron chi connectivity index (χ1n) is 5.24. The molecule has 0 spiro atoms. The molecule has 2 nitrogen and oxygen atoms in total. The Bertz CT molecular complexity index is 206. The Kier molecular flexibility index (Phi) is 6.46. The Morgan fingerprint density at radius 1 is 1.43 bits per heavy atom. The van der Waals surface area contributed by atoms with Crippen LogP contribution in [0.4, 0.5) is 0 Å². The number of ether oxygens (including phenoxy) is 1. The van der Waals surface area contributed by atoms with Crippen LogP contribution in [0.25, 0.3) is 0 Å². The lowest BCUT2D eigenvalue weighted by Crippen LogP contribution is -2.22. The predicted molar refractivity (Wildman–Crippen MR) is 59.3 cm³/mol. The summed E-state index contributed by atoms with van der Waals surface area (Å²) in [5, 5.41) is 0. The van der Waals surface area contributed by atoms with E-state index in [2.05, 4.69) is 13.8 Å². The first-order chi connectivity index (χ1) is 6.52. The molecule has 0 saturated carbocycles. The van der Waals surface area contributed by atoms with Crippen molar-refractivity contribution >= 4 is 5.78 Å². The monoisotopic (exact) mass is 198 g/mol. The molecule has 0 aromatic carbocycles. The third-order valence-corrected chi connectivity index (χ3v) is 2.39. The maximum Gasteiger partial charge on any atom is 0.152 e. The lowest BCUT2D eigenvalue weighted by Gasteiger charge is -2.22. The molecule has 2 heteroatoms. The number of carbonyl (C=O) groups is 1. The lowest BCUT2D eigenvalue weighted by molar-refractivity contribution is -0.112. The molecule has 0 aliphatic carbocycles. The first kappa shape index (κ1) is 13.4. The van der Waals surface area contributed by atoms with E-state index in [-0.39, 0.29) is 11.9 Å². The summed E-state index contributed by atoms with van der Waals surface area (Å²) < 4.78 is 5.41. The van der Waals surface area contributed by atoms with Gasteiger partial charge in [-0.1, -0.05) is 20.3 Å². The van der Waals surface area contributed by atoms with Crippen LogP contribution in [0.3, 0.4) is 0 Å². The number of carbonyl (C=O) groups excluding carboxylic acids is 1. The van der Waals surface area contributed by atoms with Gasteiger partial charge in [0.05, 0.1) is 6.10 Å². The van der Waals surface area contributed by atoms with Gasteiger partial charge in [-0.2, -0.15) is 0 Å². The highest BCUT2D eigenvalue weighted by Gasteiger charge is 2.17. The van der Waals surface area contributed by atoms with Gasteiger partial charge in [-0.15, -0.1) is 0 Å². The Morgan fingerprint density at radius 2 is 2.00 bits per heavy atom. The van der Waals surface area contributed by atoms with E-state index in [4.69, 9.17) is 4.74 Å². The van der Waals surface area contributed by atoms with Crippen molar-refractivity contribution in [1.82, 2.24) is 0 Å². The molecule has 0 aromatic rings. The molecule has 0 fully saturated rings. The van der Waals surface area contributed by atoms with E-state index in [1.807, 2.05) is 6.92 Å². The van der Waals surface area contributed by atoms with Crippen molar-refractivity contribution in [2.75, 3.05) is 7.11 Å². The van der Waals surface area contributed by atoms with Crippen LogP contribution in [0.15, 0.2) is 11.6 Å². The number of ketones is 1. The molecule has 0 bridgehead atoms. The van der Waals surface area contributed by atoms with Crippen LogP contribution < -0.4 is 0 Å². The second-order valence-corrected chi connectivity index (χ2v) is 3.92. The largest absolute Gasteiger partial charge is 0.377 e. The van der Waals surface area contributed by atoms with Gasteiger partial charge in [-0.25, -0.2) is 0 Å². The molecule has 0 radical (unpaired) electrons. The normalized spacial score (nSPS) is 16.5. The van der Waals surface area contributed by atoms with Gasteiger partial charge in [0.2, 0.25) is 0 Å². The molecule has 0 saturated heterocycles. The minimum Gasteiger partial charge on any atom is -0.377 e. The Morgan fingerprint density at radius 3 is 2.36 bits per heavy atom. The van der Waals surface area contributed by atoms with Gasteiger partial charge in [0.15, 0.2) is 5.78 Å². The SMILES string of the molecule is CCCC(C)C(OC)/C(C)=C/C(C)=O. The van der Waals surface area contributed by atoms with Crippen molar-refractivity contribution in [3.8, 4) is 0 Å². The van der Waals surface area contributed by atoms with Gasteiger partial charge in [-0.05, 0) is 37.8 Å². The molecular weight excluding hydrogens is 176 g/mol. The number of hydrogen-bond donors (Lipinski definition) is 0. The maximum absolute atomic E-state index is 10.9. The van der Waals surface area contributed by atoms with Crippen LogP contribution in [-0.4, -0.2) is 19.0 Å². The van der Waals surface area contributed by atoms with Crippen LogP contribution in [0.1, 0.15) is 40.5 Å². The molecule has 82 valence electrons. The predicted octanol–water partition coefficient (Wildman–Crippen LogP) is 2.97. The molecule has 0 amide bonds. The van der Waals surface area contributed by atoms with E-state index in [1.54, 1.807) is 20.1 Å². The summed E-state index contributed by atoms with van der Waals surface area (Å²) in [6, 6.07) is 0. The first-order valence-corrected chi connectivity index (χ1v) is 5.24. The van der Waals surface area contributed by atoms with E-state index >= 15 is 0 Å². The van der Waals surface area contributed by atoms with Crippen molar-refractivity contribution in [2.24, 2.45) is 5.92 Å². The summed E-state index contributed by atoms with van der Waals surface area (Å²) >= 11 is 0. The minimum absolute atomic E-state index is 0.0823. The zero-order chi connectivity index (χ0) is 11.1. The van der Waals surface area contributed by atoms with Crippen molar-refractivity contribution < 1.29 is 9.53 Å². The summed E-state index contributed by atoms with van der Waals surface area (Å²) in [5.41, 5.74) is 1.03. The van der Waals surface area contributed by atoms with Gasteiger partial charge >= 0.3 is 0 Å². The number of allylic oxidation sites excluding steroid dienone is 1. The fraction of sp³-hybridized carbons (Fsp3) is 0.750. The summed E-state index contributed by atoms with van der Waals surface area (Å²) in [6.07, 6.45) is 4.02. The Labute approximate surface area is 87.3 Å². The van der Waals surface area contributed by atoms with Crippen molar-refractivity contribution in [2.45, 2.75) is 46.6 Å². The smallest absolute Gasteiger partial charge is 0.152 e. The molecule has 2 atom stereocenters. The molecule has 0 rings (SSSR count). The average molecular weight is 198 g/mol. The second kappa shape index (κ2) is 6.77. The minimum atomic E-state index is 0.0823. The molecule has 0 aliphatic heterocycles. The van der Waals surface area contributed by atoms with E-state index in [1.165, 1.54) is 0 Å². The standard InChI is InChI=1S/C12H22O2/c1-6-7-9(2)12(14-5)10(3)8-11(4)13/h8-9,12H,6-7H2,1-5H3/b10-8+. The fourth-order valence-electron chi connectivity index (χ4n) is 1.88. The summed E-state index contributed by atoms with van der Waals surface area (Å²) in [5.74, 6) is 0.564. The van der Waals surface area contributed by atoms with Crippen molar-refractivity contribution in [1.29, 1.82) is 0 Å². The highest BCUT2D eigenvalue weighted by atomic mass is 16.5. The topological polar surface area (TPSA) is 26.3 Å². The number of hydrogen-bond acceptors (Lipinski definition) is 2. The molecule has 0 heterocycles. The van der Waals surface area contributed by atoms with Gasteiger partial charge in [0.1, 0.15) is 0 Å². The summed E-state index contributed by atoms with van der Waals surface area (Å²) in [6.45, 7) is 7.85. The Balaban J connectivity index is 4.46. The van der Waals surface area contributed by atoms with Crippen LogP contribution in [0.2, 0.25) is 0 Å². The highest BCUT2D eigenvalue weighted by Crippen LogP contribution is 2.19. The lowest BCUT2D eigenvalue weighted by atomic mass is 9.93. The average Bonchev–Trinajstić information content (AvgIpc) is 2.04. The fourth-order valence-corrected chi connectivity index (χ4v) is 1.88. The molecular formula is C12H22O2. The summed E-state index contributed by atoms with van der Waals surface area (Å²) in [7, 11) is 1.70. The van der Waals surface area contributed by atoms with Crippen molar-refractivity contribution in [3.05, 3.63) is 11.6 Å². The number of rotatable bonds is 6. The van der Waals surface area contributed by atoms with Crippen LogP contribution in [-0.2, 0) is 9.53 Å². The van der Waals surface area contributed by atoms with E-state index < -0.39 is 0 Å². The quantitative estimate of drug-likeness (QED) is 0.613. The van der Waals surface area contributed by atoms with Crippen LogP contribution in [0.5, 0.6) is 0 Å². The molecule has 0 N–H and O–H groups in total. The molecule has 14 heavy (non-hydrogen) atoms. The number of methoxy groups -OCH3 is 1. The van der Waals surface area contributed by atoms with Gasteiger partial charge < -0.3 is 4.74 Å². The van der Waals surface area contributed by atoms with Crippen LogP contribution in [0, 0.1) is 5.92 Å².